The maximum absolute atomic E-state index is 5.09. The molecule has 1 aliphatic heterocycles. The Balaban J connectivity index is 0.00000102. The number of methoxy groups -OCH3 is 2. The minimum atomic E-state index is 0.692. The third kappa shape index (κ3) is 7.04. The van der Waals surface area contributed by atoms with Gasteiger partial charge >= 0.3 is 0 Å². The van der Waals surface area contributed by atoms with Gasteiger partial charge in [0.1, 0.15) is 0 Å². The molecule has 1 saturated heterocycles. The van der Waals surface area contributed by atoms with Crippen molar-refractivity contribution in [2.75, 3.05) is 58.5 Å². The van der Waals surface area contributed by atoms with Crippen LogP contribution in [0.1, 0.15) is 27.7 Å². The lowest BCUT2D eigenvalue weighted by Crippen LogP contribution is -2.47. The highest BCUT2D eigenvalue weighted by molar-refractivity contribution is 5.32. The first kappa shape index (κ1) is 20.6. The van der Waals surface area contributed by atoms with E-state index < -0.39 is 0 Å². The Hall–Kier alpha value is -1.40. The van der Waals surface area contributed by atoms with Gasteiger partial charge in [-0.15, -0.1) is 0 Å². The highest BCUT2D eigenvalue weighted by atomic mass is 16.5. The molecule has 0 radical (unpaired) electrons. The topological polar surface area (TPSA) is 50.7 Å². The molecule has 6 nitrogen and oxygen atoms in total. The van der Waals surface area contributed by atoms with Crippen LogP contribution in [0.3, 0.4) is 0 Å². The quantitative estimate of drug-likeness (QED) is 0.831. The summed E-state index contributed by atoms with van der Waals surface area (Å²) in [6.45, 7) is 13.7. The standard InChI is InChI=1S/C12H20N4O2.2C2H6/c1-17-8-7-15-3-5-16(6-4-15)12-13-9-11(18-2)10-14-12;2*1-2/h9-10H,3-8H2,1-2H3;2*1-2H3. The molecule has 0 unspecified atom stereocenters. The van der Waals surface area contributed by atoms with Gasteiger partial charge in [0.2, 0.25) is 5.95 Å². The average molecular weight is 312 g/mol. The Bertz CT molecular complexity index is 352. The number of hydrogen-bond donors (Lipinski definition) is 0. The van der Waals surface area contributed by atoms with Crippen molar-refractivity contribution in [1.82, 2.24) is 14.9 Å². The summed E-state index contributed by atoms with van der Waals surface area (Å²) in [6, 6.07) is 0. The molecule has 22 heavy (non-hydrogen) atoms. The van der Waals surface area contributed by atoms with E-state index in [2.05, 4.69) is 19.8 Å². The zero-order chi connectivity index (χ0) is 16.8. The van der Waals surface area contributed by atoms with E-state index >= 15 is 0 Å². The van der Waals surface area contributed by atoms with Crippen LogP contribution in [-0.4, -0.2) is 68.4 Å². The minimum Gasteiger partial charge on any atom is -0.494 e. The molecule has 0 aromatic carbocycles. The molecule has 0 spiro atoms. The molecular weight excluding hydrogens is 280 g/mol. The summed E-state index contributed by atoms with van der Waals surface area (Å²) < 4.78 is 10.1. The Labute approximate surface area is 135 Å². The number of ether oxygens (including phenoxy) is 2. The second-order valence-corrected chi connectivity index (χ2v) is 4.24. The first-order valence-electron chi connectivity index (χ1n) is 8.16. The van der Waals surface area contributed by atoms with Crippen molar-refractivity contribution in [2.24, 2.45) is 0 Å². The maximum atomic E-state index is 5.09. The van der Waals surface area contributed by atoms with Gasteiger partial charge in [-0.3, -0.25) is 4.90 Å². The third-order valence-electron chi connectivity index (χ3n) is 3.12. The van der Waals surface area contributed by atoms with Gasteiger partial charge in [-0.25, -0.2) is 9.97 Å². The summed E-state index contributed by atoms with van der Waals surface area (Å²) in [6.07, 6.45) is 3.42. The van der Waals surface area contributed by atoms with Gasteiger partial charge in [0, 0.05) is 39.8 Å². The van der Waals surface area contributed by atoms with Gasteiger partial charge in [0.15, 0.2) is 5.75 Å². The van der Waals surface area contributed by atoms with Gasteiger partial charge in [0.25, 0.3) is 0 Å². The molecular formula is C16H32N4O2. The van der Waals surface area contributed by atoms with Crippen LogP contribution >= 0.6 is 0 Å². The number of piperazine rings is 1. The molecule has 128 valence electrons. The lowest BCUT2D eigenvalue weighted by molar-refractivity contribution is 0.143. The lowest BCUT2D eigenvalue weighted by atomic mass is 10.3. The Morgan fingerprint density at radius 2 is 1.50 bits per heavy atom. The Morgan fingerprint density at radius 1 is 0.955 bits per heavy atom. The van der Waals surface area contributed by atoms with Crippen molar-refractivity contribution in [3.05, 3.63) is 12.4 Å². The van der Waals surface area contributed by atoms with E-state index in [0.717, 1.165) is 45.3 Å². The van der Waals surface area contributed by atoms with Crippen LogP contribution in [0.4, 0.5) is 5.95 Å². The Kier molecular flexibility index (Phi) is 12.4. The zero-order valence-corrected chi connectivity index (χ0v) is 15.0. The van der Waals surface area contributed by atoms with Gasteiger partial charge < -0.3 is 14.4 Å². The van der Waals surface area contributed by atoms with E-state index in [1.165, 1.54) is 0 Å². The summed E-state index contributed by atoms with van der Waals surface area (Å²) in [4.78, 5) is 13.2. The highest BCUT2D eigenvalue weighted by Gasteiger charge is 2.18. The van der Waals surface area contributed by atoms with Crippen LogP contribution in [-0.2, 0) is 4.74 Å². The number of anilines is 1. The molecule has 0 saturated carbocycles. The number of aromatic nitrogens is 2. The number of rotatable bonds is 5. The minimum absolute atomic E-state index is 0.692. The van der Waals surface area contributed by atoms with Crippen molar-refractivity contribution in [3.63, 3.8) is 0 Å². The van der Waals surface area contributed by atoms with Crippen molar-refractivity contribution < 1.29 is 9.47 Å². The second kappa shape index (κ2) is 13.3. The predicted molar refractivity (Wildman–Crippen MR) is 91.8 cm³/mol. The lowest BCUT2D eigenvalue weighted by Gasteiger charge is -2.34. The van der Waals surface area contributed by atoms with Gasteiger partial charge in [-0.1, -0.05) is 27.7 Å². The molecule has 1 aromatic heterocycles. The smallest absolute Gasteiger partial charge is 0.225 e. The fraction of sp³-hybridized carbons (Fsp3) is 0.750. The predicted octanol–water partition coefficient (Wildman–Crippen LogP) is 2.31. The van der Waals surface area contributed by atoms with E-state index in [1.807, 2.05) is 27.7 Å². The number of hydrogen-bond acceptors (Lipinski definition) is 6. The van der Waals surface area contributed by atoms with Gasteiger partial charge in [-0.05, 0) is 0 Å². The molecule has 6 heteroatoms. The maximum Gasteiger partial charge on any atom is 0.225 e. The molecule has 0 amide bonds. The molecule has 0 aliphatic carbocycles. The molecule has 1 aliphatic rings. The van der Waals surface area contributed by atoms with Crippen molar-refractivity contribution in [2.45, 2.75) is 27.7 Å². The van der Waals surface area contributed by atoms with E-state index in [-0.39, 0.29) is 0 Å². The molecule has 2 heterocycles. The second-order valence-electron chi connectivity index (χ2n) is 4.24. The van der Waals surface area contributed by atoms with Crippen molar-refractivity contribution >= 4 is 5.95 Å². The molecule has 1 aromatic rings. The fourth-order valence-electron chi connectivity index (χ4n) is 1.97. The zero-order valence-electron chi connectivity index (χ0n) is 15.0. The van der Waals surface area contributed by atoms with Crippen LogP contribution < -0.4 is 9.64 Å². The van der Waals surface area contributed by atoms with E-state index in [0.29, 0.717) is 5.75 Å². The molecule has 0 atom stereocenters. The molecule has 2 rings (SSSR count). The van der Waals surface area contributed by atoms with Crippen LogP contribution in [0.15, 0.2) is 12.4 Å². The van der Waals surface area contributed by atoms with Crippen LogP contribution in [0.5, 0.6) is 5.75 Å². The van der Waals surface area contributed by atoms with E-state index in [4.69, 9.17) is 9.47 Å². The van der Waals surface area contributed by atoms with Crippen LogP contribution in [0, 0.1) is 0 Å². The molecule has 0 bridgehead atoms. The molecule has 0 N–H and O–H groups in total. The SMILES string of the molecule is CC.CC.COCCN1CCN(c2ncc(OC)cn2)CC1. The monoisotopic (exact) mass is 312 g/mol. The molecule has 1 fully saturated rings. The normalized spacial score (nSPS) is 14.4. The number of nitrogens with zero attached hydrogens (tertiary/aromatic N) is 4. The average Bonchev–Trinajstić information content (AvgIpc) is 2.64. The summed E-state index contributed by atoms with van der Waals surface area (Å²) in [5.41, 5.74) is 0. The van der Waals surface area contributed by atoms with Crippen LogP contribution in [0.25, 0.3) is 0 Å². The van der Waals surface area contributed by atoms with E-state index in [9.17, 15) is 0 Å². The first-order chi connectivity index (χ1) is 10.8. The Morgan fingerprint density at radius 3 is 1.95 bits per heavy atom. The van der Waals surface area contributed by atoms with Gasteiger partial charge in [-0.2, -0.15) is 0 Å². The fourth-order valence-corrected chi connectivity index (χ4v) is 1.97. The van der Waals surface area contributed by atoms with Crippen LogP contribution in [0.2, 0.25) is 0 Å². The summed E-state index contributed by atoms with van der Waals surface area (Å²) >= 11 is 0. The summed E-state index contributed by atoms with van der Waals surface area (Å²) in [5, 5.41) is 0. The third-order valence-corrected chi connectivity index (χ3v) is 3.12. The van der Waals surface area contributed by atoms with E-state index in [1.54, 1.807) is 26.6 Å². The first-order valence-corrected chi connectivity index (χ1v) is 8.16. The largest absolute Gasteiger partial charge is 0.494 e. The van der Waals surface area contributed by atoms with Crippen molar-refractivity contribution in [3.8, 4) is 5.75 Å². The van der Waals surface area contributed by atoms with Gasteiger partial charge in [0.05, 0.1) is 26.1 Å². The summed E-state index contributed by atoms with van der Waals surface area (Å²) in [5.74, 6) is 1.47. The highest BCUT2D eigenvalue weighted by Crippen LogP contribution is 2.13. The van der Waals surface area contributed by atoms with Crippen molar-refractivity contribution in [1.29, 1.82) is 0 Å². The summed E-state index contributed by atoms with van der Waals surface area (Å²) in [7, 11) is 3.36.